The Morgan fingerprint density at radius 3 is 3.05 bits per heavy atom. The van der Waals surface area contributed by atoms with Gasteiger partial charge in [-0.1, -0.05) is 11.8 Å². The van der Waals surface area contributed by atoms with Gasteiger partial charge in [0, 0.05) is 18.2 Å². The van der Waals surface area contributed by atoms with Crippen molar-refractivity contribution in [2.24, 2.45) is 0 Å². The number of carbonyl (C=O) groups is 1. The molecule has 0 atom stereocenters. The van der Waals surface area contributed by atoms with Gasteiger partial charge in [0.2, 0.25) is 5.91 Å². The van der Waals surface area contributed by atoms with Crippen molar-refractivity contribution in [3.63, 3.8) is 0 Å². The van der Waals surface area contributed by atoms with Crippen LogP contribution in [0.1, 0.15) is 38.8 Å². The Morgan fingerprint density at radius 2 is 2.33 bits per heavy atom. The second-order valence-electron chi connectivity index (χ2n) is 5.34. The molecule has 2 aromatic heterocycles. The van der Waals surface area contributed by atoms with Crippen LogP contribution in [-0.4, -0.2) is 36.2 Å². The molecule has 1 aliphatic carbocycles. The van der Waals surface area contributed by atoms with Gasteiger partial charge in [0.05, 0.1) is 11.9 Å². The number of amides is 1. The first-order chi connectivity index (χ1) is 10.1. The van der Waals surface area contributed by atoms with Gasteiger partial charge in [0.15, 0.2) is 5.16 Å². The van der Waals surface area contributed by atoms with Gasteiger partial charge < -0.3 is 9.88 Å². The lowest BCUT2D eigenvalue weighted by Gasteiger charge is -2.11. The van der Waals surface area contributed by atoms with Crippen molar-refractivity contribution in [2.75, 3.05) is 11.1 Å². The Labute approximate surface area is 127 Å². The highest BCUT2D eigenvalue weighted by Crippen LogP contribution is 2.37. The minimum atomic E-state index is -0.0623. The van der Waals surface area contributed by atoms with E-state index in [-0.39, 0.29) is 11.9 Å². The largest absolute Gasteiger partial charge is 0.310 e. The van der Waals surface area contributed by atoms with Crippen LogP contribution in [0.5, 0.6) is 0 Å². The van der Waals surface area contributed by atoms with Crippen molar-refractivity contribution < 1.29 is 4.79 Å². The first-order valence-electron chi connectivity index (χ1n) is 7.01. The summed E-state index contributed by atoms with van der Waals surface area (Å²) in [6.07, 6.45) is 5.77. The third kappa shape index (κ3) is 3.26. The zero-order chi connectivity index (χ0) is 14.8. The Balaban J connectivity index is 1.56. The average Bonchev–Trinajstić information content (AvgIpc) is 3.00. The number of anilines is 1. The van der Waals surface area contributed by atoms with Crippen LogP contribution < -0.4 is 5.32 Å². The molecule has 8 heteroatoms. The van der Waals surface area contributed by atoms with Crippen molar-refractivity contribution in [3.05, 3.63) is 18.6 Å². The smallest absolute Gasteiger partial charge is 0.235 e. The maximum absolute atomic E-state index is 12.0. The van der Waals surface area contributed by atoms with Crippen LogP contribution in [0.3, 0.4) is 0 Å². The number of hydrogen-bond acceptors (Lipinski definition) is 5. The molecule has 0 saturated heterocycles. The molecule has 0 spiro atoms. The third-order valence-electron chi connectivity index (χ3n) is 3.24. The highest BCUT2D eigenvalue weighted by Gasteiger charge is 2.26. The molecule has 2 heterocycles. The van der Waals surface area contributed by atoms with Gasteiger partial charge in [-0.05, 0) is 26.7 Å². The van der Waals surface area contributed by atoms with E-state index in [0.29, 0.717) is 11.8 Å². The minimum absolute atomic E-state index is 0.0623. The van der Waals surface area contributed by atoms with E-state index in [2.05, 4.69) is 25.2 Å². The van der Waals surface area contributed by atoms with E-state index in [1.54, 1.807) is 23.3 Å². The van der Waals surface area contributed by atoms with Crippen molar-refractivity contribution >= 4 is 23.5 Å². The fraction of sp³-hybridized carbons (Fsp3) is 0.538. The van der Waals surface area contributed by atoms with Gasteiger partial charge in [0.25, 0.3) is 0 Å². The molecule has 0 radical (unpaired) electrons. The van der Waals surface area contributed by atoms with Gasteiger partial charge in [-0.25, -0.2) is 4.68 Å². The predicted molar refractivity (Wildman–Crippen MR) is 80.3 cm³/mol. The number of rotatable bonds is 6. The van der Waals surface area contributed by atoms with E-state index in [9.17, 15) is 4.79 Å². The lowest BCUT2D eigenvalue weighted by molar-refractivity contribution is -0.113. The highest BCUT2D eigenvalue weighted by molar-refractivity contribution is 7.99. The Kier molecular flexibility index (Phi) is 3.96. The van der Waals surface area contributed by atoms with Crippen LogP contribution in [0.25, 0.3) is 0 Å². The lowest BCUT2D eigenvalue weighted by atomic mass is 10.4. The van der Waals surface area contributed by atoms with Crippen molar-refractivity contribution in [1.82, 2.24) is 24.5 Å². The molecule has 2 aromatic rings. The summed E-state index contributed by atoms with van der Waals surface area (Å²) < 4.78 is 3.84. The summed E-state index contributed by atoms with van der Waals surface area (Å²) in [5.74, 6) is 0.973. The van der Waals surface area contributed by atoms with E-state index in [1.807, 2.05) is 13.8 Å². The minimum Gasteiger partial charge on any atom is -0.310 e. The van der Waals surface area contributed by atoms with Crippen LogP contribution >= 0.6 is 11.8 Å². The van der Waals surface area contributed by atoms with Crippen LogP contribution in [-0.2, 0) is 4.79 Å². The van der Waals surface area contributed by atoms with Crippen LogP contribution in [0, 0.1) is 0 Å². The van der Waals surface area contributed by atoms with E-state index in [1.165, 1.54) is 24.6 Å². The molecule has 0 bridgehead atoms. The first-order valence-corrected chi connectivity index (χ1v) is 7.99. The van der Waals surface area contributed by atoms with Crippen LogP contribution in [0.2, 0.25) is 0 Å². The van der Waals surface area contributed by atoms with Crippen molar-refractivity contribution in [1.29, 1.82) is 0 Å². The zero-order valence-corrected chi connectivity index (χ0v) is 12.9. The summed E-state index contributed by atoms with van der Waals surface area (Å²) in [5, 5.41) is 15.9. The maximum atomic E-state index is 12.0. The summed E-state index contributed by atoms with van der Waals surface area (Å²) in [6, 6.07) is 2.53. The molecular formula is C13H18N6OS. The molecule has 0 aromatic carbocycles. The normalized spacial score (nSPS) is 14.6. The summed E-state index contributed by atoms with van der Waals surface area (Å²) in [4.78, 5) is 12.0. The summed E-state index contributed by atoms with van der Waals surface area (Å²) in [5.41, 5.74) is 0. The molecule has 1 N–H and O–H groups in total. The number of nitrogens with one attached hydrogen (secondary N) is 1. The molecule has 112 valence electrons. The number of hydrogen-bond donors (Lipinski definition) is 1. The van der Waals surface area contributed by atoms with Crippen molar-refractivity contribution in [2.45, 2.75) is 43.9 Å². The van der Waals surface area contributed by atoms with E-state index >= 15 is 0 Å². The molecule has 21 heavy (non-hydrogen) atoms. The van der Waals surface area contributed by atoms with Gasteiger partial charge >= 0.3 is 0 Å². The van der Waals surface area contributed by atoms with Gasteiger partial charge in [-0.15, -0.1) is 10.2 Å². The SMILES string of the molecule is CC(C)n1nccc1NC(=O)CSc1nncn1C1CC1. The quantitative estimate of drug-likeness (QED) is 0.827. The van der Waals surface area contributed by atoms with E-state index < -0.39 is 0 Å². The van der Waals surface area contributed by atoms with Crippen LogP contribution in [0.4, 0.5) is 5.82 Å². The van der Waals surface area contributed by atoms with Gasteiger partial charge in [-0.2, -0.15) is 5.10 Å². The van der Waals surface area contributed by atoms with E-state index in [0.717, 1.165) is 11.0 Å². The molecule has 1 aliphatic rings. The second-order valence-corrected chi connectivity index (χ2v) is 6.29. The Hall–Kier alpha value is -1.83. The predicted octanol–water partition coefficient (Wildman–Crippen LogP) is 2.12. The average molecular weight is 306 g/mol. The van der Waals surface area contributed by atoms with E-state index in [4.69, 9.17) is 0 Å². The Morgan fingerprint density at radius 1 is 1.52 bits per heavy atom. The molecular weight excluding hydrogens is 288 g/mol. The molecule has 1 saturated carbocycles. The number of aromatic nitrogens is 5. The monoisotopic (exact) mass is 306 g/mol. The number of thioether (sulfide) groups is 1. The topological polar surface area (TPSA) is 77.6 Å². The van der Waals surface area contributed by atoms with Gasteiger partial charge in [0.1, 0.15) is 12.1 Å². The van der Waals surface area contributed by atoms with Crippen molar-refractivity contribution in [3.8, 4) is 0 Å². The first kappa shape index (κ1) is 14.1. The molecule has 7 nitrogen and oxygen atoms in total. The zero-order valence-electron chi connectivity index (χ0n) is 12.1. The molecule has 1 amide bonds. The molecule has 0 aliphatic heterocycles. The number of nitrogens with zero attached hydrogens (tertiary/aromatic N) is 5. The standard InChI is InChI=1S/C13H18N6OS/c1-9(2)19-11(5-6-15-19)16-12(20)7-21-13-17-14-8-18(13)10-3-4-10/h5-6,8-10H,3-4,7H2,1-2H3,(H,16,20). The summed E-state index contributed by atoms with van der Waals surface area (Å²) in [7, 11) is 0. The number of carbonyl (C=O) groups excluding carboxylic acids is 1. The molecule has 3 rings (SSSR count). The van der Waals surface area contributed by atoms with Gasteiger partial charge in [-0.3, -0.25) is 4.79 Å². The molecule has 0 unspecified atom stereocenters. The fourth-order valence-corrected chi connectivity index (χ4v) is 2.85. The van der Waals surface area contributed by atoms with Crippen LogP contribution in [0.15, 0.2) is 23.7 Å². The second kappa shape index (κ2) is 5.88. The highest BCUT2D eigenvalue weighted by atomic mass is 32.2. The lowest BCUT2D eigenvalue weighted by Crippen LogP contribution is -2.18. The fourth-order valence-electron chi connectivity index (χ4n) is 2.07. The third-order valence-corrected chi connectivity index (χ3v) is 4.20. The Bertz CT molecular complexity index is 630. The maximum Gasteiger partial charge on any atom is 0.235 e. The summed E-state index contributed by atoms with van der Waals surface area (Å²) in [6.45, 7) is 4.05. The summed E-state index contributed by atoms with van der Waals surface area (Å²) >= 11 is 1.41. The molecule has 1 fully saturated rings.